The minimum Gasteiger partial charge on any atom is -0.333 e. The molecule has 0 bridgehead atoms. The van der Waals surface area contributed by atoms with Crippen LogP contribution in [-0.2, 0) is 14.4 Å². The van der Waals surface area contributed by atoms with Crippen molar-refractivity contribution in [2.24, 2.45) is 0 Å². The predicted molar refractivity (Wildman–Crippen MR) is 49.7 cm³/mol. The molecule has 78 valence electrons. The summed E-state index contributed by atoms with van der Waals surface area (Å²) in [6.45, 7) is 2.89. The van der Waals surface area contributed by atoms with Gasteiger partial charge in [0, 0.05) is 19.6 Å². The lowest BCUT2D eigenvalue weighted by molar-refractivity contribution is -0.160. The molecule has 0 spiro atoms. The summed E-state index contributed by atoms with van der Waals surface area (Å²) in [6.07, 6.45) is 0. The van der Waals surface area contributed by atoms with Crippen LogP contribution >= 0.6 is 11.6 Å². The number of hydrogen-bond donors (Lipinski definition) is 0. The molecular weight excluding hydrogens is 208 g/mol. The Morgan fingerprint density at radius 2 is 2.00 bits per heavy atom. The first-order chi connectivity index (χ1) is 6.61. The number of imide groups is 1. The average molecular weight is 219 g/mol. The molecule has 6 heteroatoms. The average Bonchev–Trinajstić information content (AvgIpc) is 2.21. The van der Waals surface area contributed by atoms with Crippen LogP contribution in [0.4, 0.5) is 0 Å². The fourth-order valence-corrected chi connectivity index (χ4v) is 1.43. The third kappa shape index (κ3) is 1.87. The van der Waals surface area contributed by atoms with Gasteiger partial charge in [0.2, 0.25) is 5.91 Å². The van der Waals surface area contributed by atoms with E-state index in [1.54, 1.807) is 6.92 Å². The highest BCUT2D eigenvalue weighted by Gasteiger charge is 2.34. The first kappa shape index (κ1) is 11.0. The van der Waals surface area contributed by atoms with Gasteiger partial charge in [-0.2, -0.15) is 0 Å². The van der Waals surface area contributed by atoms with Gasteiger partial charge in [0.05, 0.1) is 0 Å². The van der Waals surface area contributed by atoms with Gasteiger partial charge in [-0.25, -0.2) is 0 Å². The van der Waals surface area contributed by atoms with Crippen LogP contribution in [0.5, 0.6) is 0 Å². The number of alkyl halides is 1. The number of likely N-dealkylation sites (N-methyl/N-ethyl adjacent to an activating group) is 1. The fraction of sp³-hybridized carbons (Fsp3) is 0.625. The molecule has 1 saturated heterocycles. The molecule has 0 saturated carbocycles. The van der Waals surface area contributed by atoms with Crippen molar-refractivity contribution in [2.75, 3.05) is 25.5 Å². The van der Waals surface area contributed by atoms with E-state index in [0.29, 0.717) is 13.1 Å². The number of hydrogen-bond acceptors (Lipinski definition) is 3. The second-order valence-electron chi connectivity index (χ2n) is 2.87. The van der Waals surface area contributed by atoms with Gasteiger partial charge < -0.3 is 4.90 Å². The first-order valence-electron chi connectivity index (χ1n) is 4.31. The Morgan fingerprint density at radius 1 is 1.36 bits per heavy atom. The van der Waals surface area contributed by atoms with Crippen LogP contribution in [0.2, 0.25) is 0 Å². The molecule has 1 heterocycles. The molecule has 0 aromatic carbocycles. The Morgan fingerprint density at radius 3 is 2.50 bits per heavy atom. The summed E-state index contributed by atoms with van der Waals surface area (Å²) in [5.74, 6) is -2.19. The van der Waals surface area contributed by atoms with Crippen LogP contribution in [0.1, 0.15) is 6.92 Å². The van der Waals surface area contributed by atoms with E-state index in [1.807, 2.05) is 0 Å². The SMILES string of the molecule is CCN1CCN(C(=O)CCl)C(=O)C1=O. The molecule has 3 amide bonds. The maximum Gasteiger partial charge on any atom is 0.318 e. The Hall–Kier alpha value is -1.10. The minimum atomic E-state index is -0.774. The summed E-state index contributed by atoms with van der Waals surface area (Å²) in [4.78, 5) is 36.1. The van der Waals surface area contributed by atoms with E-state index in [1.165, 1.54) is 4.90 Å². The molecule has 0 N–H and O–H groups in total. The van der Waals surface area contributed by atoms with E-state index in [-0.39, 0.29) is 12.4 Å². The molecule has 0 unspecified atom stereocenters. The van der Waals surface area contributed by atoms with Gasteiger partial charge in [0.15, 0.2) is 0 Å². The van der Waals surface area contributed by atoms with Crippen LogP contribution < -0.4 is 0 Å². The zero-order chi connectivity index (χ0) is 10.7. The molecule has 0 aromatic rings. The highest BCUT2D eigenvalue weighted by Crippen LogP contribution is 2.05. The number of rotatable bonds is 2. The van der Waals surface area contributed by atoms with Crippen molar-refractivity contribution < 1.29 is 14.4 Å². The molecule has 0 atom stereocenters. The van der Waals surface area contributed by atoms with Crippen molar-refractivity contribution in [1.29, 1.82) is 0 Å². The Balaban J connectivity index is 2.74. The van der Waals surface area contributed by atoms with E-state index < -0.39 is 17.7 Å². The highest BCUT2D eigenvalue weighted by atomic mass is 35.5. The molecule has 0 radical (unpaired) electrons. The second kappa shape index (κ2) is 4.41. The Labute approximate surface area is 86.6 Å². The van der Waals surface area contributed by atoms with E-state index in [4.69, 9.17) is 11.6 Å². The van der Waals surface area contributed by atoms with Crippen molar-refractivity contribution in [1.82, 2.24) is 9.80 Å². The molecule has 1 fully saturated rings. The topological polar surface area (TPSA) is 57.7 Å². The maximum absolute atomic E-state index is 11.4. The number of halogens is 1. The molecular formula is C8H11ClN2O3. The van der Waals surface area contributed by atoms with Crippen LogP contribution in [0.3, 0.4) is 0 Å². The van der Waals surface area contributed by atoms with Crippen LogP contribution in [-0.4, -0.2) is 53.0 Å². The number of nitrogens with zero attached hydrogens (tertiary/aromatic N) is 2. The van der Waals surface area contributed by atoms with Gasteiger partial charge in [-0.3, -0.25) is 19.3 Å². The van der Waals surface area contributed by atoms with Crippen molar-refractivity contribution in [3.63, 3.8) is 0 Å². The van der Waals surface area contributed by atoms with Crippen LogP contribution in [0, 0.1) is 0 Å². The summed E-state index contributed by atoms with van der Waals surface area (Å²) in [5, 5.41) is 0. The lowest BCUT2D eigenvalue weighted by atomic mass is 10.3. The van der Waals surface area contributed by atoms with Crippen molar-refractivity contribution in [2.45, 2.75) is 6.92 Å². The minimum absolute atomic E-state index is 0.240. The van der Waals surface area contributed by atoms with E-state index in [0.717, 1.165) is 4.90 Å². The molecule has 0 aromatic heterocycles. The van der Waals surface area contributed by atoms with E-state index >= 15 is 0 Å². The zero-order valence-corrected chi connectivity index (χ0v) is 8.58. The molecule has 1 aliphatic rings. The first-order valence-corrected chi connectivity index (χ1v) is 4.84. The summed E-state index contributed by atoms with van der Waals surface area (Å²) in [7, 11) is 0. The third-order valence-electron chi connectivity index (χ3n) is 2.11. The van der Waals surface area contributed by atoms with Gasteiger partial charge in [0.25, 0.3) is 0 Å². The van der Waals surface area contributed by atoms with Crippen LogP contribution in [0.25, 0.3) is 0 Å². The predicted octanol–water partition coefficient (Wildman–Crippen LogP) is -0.558. The summed E-state index contributed by atoms with van der Waals surface area (Å²) in [6, 6.07) is 0. The quantitative estimate of drug-likeness (QED) is 0.461. The normalized spacial score (nSPS) is 17.6. The summed E-state index contributed by atoms with van der Waals surface area (Å²) < 4.78 is 0. The molecule has 1 rings (SSSR count). The monoisotopic (exact) mass is 218 g/mol. The number of piperazine rings is 1. The standard InChI is InChI=1S/C8H11ClN2O3/c1-2-10-3-4-11(6(12)5-9)8(14)7(10)13/h2-5H2,1H3. The summed E-state index contributed by atoms with van der Waals surface area (Å²) in [5.41, 5.74) is 0. The number of carbonyl (C=O) groups excluding carboxylic acids is 3. The molecule has 5 nitrogen and oxygen atoms in total. The van der Waals surface area contributed by atoms with Crippen LogP contribution in [0.15, 0.2) is 0 Å². The lowest BCUT2D eigenvalue weighted by Gasteiger charge is -2.31. The number of carbonyl (C=O) groups is 3. The summed E-state index contributed by atoms with van der Waals surface area (Å²) >= 11 is 5.30. The molecule has 14 heavy (non-hydrogen) atoms. The fourth-order valence-electron chi connectivity index (χ4n) is 1.29. The van der Waals surface area contributed by atoms with Gasteiger partial charge in [-0.05, 0) is 6.92 Å². The van der Waals surface area contributed by atoms with Gasteiger partial charge in [0.1, 0.15) is 5.88 Å². The lowest BCUT2D eigenvalue weighted by Crippen LogP contribution is -2.56. The molecule has 0 aliphatic carbocycles. The second-order valence-corrected chi connectivity index (χ2v) is 3.14. The van der Waals surface area contributed by atoms with E-state index in [2.05, 4.69) is 0 Å². The maximum atomic E-state index is 11.4. The molecule has 1 aliphatic heterocycles. The number of amides is 3. The van der Waals surface area contributed by atoms with Gasteiger partial charge in [-0.1, -0.05) is 0 Å². The smallest absolute Gasteiger partial charge is 0.318 e. The van der Waals surface area contributed by atoms with E-state index in [9.17, 15) is 14.4 Å². The third-order valence-corrected chi connectivity index (χ3v) is 2.33. The largest absolute Gasteiger partial charge is 0.333 e. The Bertz CT molecular complexity index is 280. The van der Waals surface area contributed by atoms with Crippen molar-refractivity contribution >= 4 is 29.3 Å². The highest BCUT2D eigenvalue weighted by molar-refractivity contribution is 6.40. The van der Waals surface area contributed by atoms with Crippen molar-refractivity contribution in [3.05, 3.63) is 0 Å². The zero-order valence-electron chi connectivity index (χ0n) is 7.83. The van der Waals surface area contributed by atoms with Crippen molar-refractivity contribution in [3.8, 4) is 0 Å². The van der Waals surface area contributed by atoms with Gasteiger partial charge in [-0.15, -0.1) is 11.6 Å². The van der Waals surface area contributed by atoms with Gasteiger partial charge >= 0.3 is 11.8 Å². The Kier molecular flexibility index (Phi) is 3.46.